The number of unbranched alkanes of at least 4 members (excludes halogenated alkanes) is 2. The number of nitrogens with zero attached hydrogens (tertiary/aromatic N) is 1. The van der Waals surface area contributed by atoms with Crippen molar-refractivity contribution in [1.29, 1.82) is 0 Å². The first kappa shape index (κ1) is 15.7. The van der Waals surface area contributed by atoms with Crippen LogP contribution in [-0.2, 0) is 4.74 Å². The molecule has 19 heavy (non-hydrogen) atoms. The summed E-state index contributed by atoms with van der Waals surface area (Å²) in [6.45, 7) is 1.41. The van der Waals surface area contributed by atoms with Crippen molar-refractivity contribution in [3.63, 3.8) is 0 Å². The maximum atomic E-state index is 11.8. The number of aromatic nitrogens is 1. The van der Waals surface area contributed by atoms with E-state index in [1.807, 2.05) is 0 Å². The van der Waals surface area contributed by atoms with Crippen LogP contribution in [0.2, 0.25) is 5.02 Å². The molecule has 0 spiro atoms. The van der Waals surface area contributed by atoms with Gasteiger partial charge in [-0.15, -0.1) is 0 Å². The van der Waals surface area contributed by atoms with Gasteiger partial charge in [0, 0.05) is 33.5 Å². The molecule has 0 aliphatic rings. The highest BCUT2D eigenvalue weighted by molar-refractivity contribution is 6.33. The second-order valence-corrected chi connectivity index (χ2v) is 4.52. The number of amides is 1. The Bertz CT molecular complexity index is 413. The number of pyridine rings is 1. The van der Waals surface area contributed by atoms with Crippen LogP contribution in [0.15, 0.2) is 12.3 Å². The fraction of sp³-hybridized carbons (Fsp3) is 0.538. The molecule has 0 aromatic carbocycles. The molecule has 0 fully saturated rings. The van der Waals surface area contributed by atoms with Crippen molar-refractivity contribution in [2.75, 3.05) is 32.6 Å². The SMILES string of the molecule is CNc1ncc(C(=O)NCCCCCOC)cc1Cl. The lowest BCUT2D eigenvalue weighted by Crippen LogP contribution is -2.24. The number of halogens is 1. The van der Waals surface area contributed by atoms with Crippen molar-refractivity contribution in [3.8, 4) is 0 Å². The maximum Gasteiger partial charge on any atom is 0.252 e. The van der Waals surface area contributed by atoms with Crippen LogP contribution < -0.4 is 10.6 Å². The fourth-order valence-corrected chi connectivity index (χ4v) is 1.86. The van der Waals surface area contributed by atoms with Gasteiger partial charge in [-0.1, -0.05) is 11.6 Å². The van der Waals surface area contributed by atoms with Crippen LogP contribution in [0.5, 0.6) is 0 Å². The minimum atomic E-state index is -0.149. The smallest absolute Gasteiger partial charge is 0.252 e. The van der Waals surface area contributed by atoms with Crippen LogP contribution in [0, 0.1) is 0 Å². The van der Waals surface area contributed by atoms with Crippen molar-refractivity contribution in [2.24, 2.45) is 0 Å². The van der Waals surface area contributed by atoms with E-state index in [2.05, 4.69) is 15.6 Å². The largest absolute Gasteiger partial charge is 0.385 e. The number of methoxy groups -OCH3 is 1. The molecular weight excluding hydrogens is 266 g/mol. The highest BCUT2D eigenvalue weighted by Crippen LogP contribution is 2.19. The van der Waals surface area contributed by atoms with E-state index in [-0.39, 0.29) is 5.91 Å². The molecule has 1 aromatic rings. The Morgan fingerprint density at radius 3 is 2.84 bits per heavy atom. The molecule has 0 saturated carbocycles. The molecule has 0 aliphatic carbocycles. The van der Waals surface area contributed by atoms with Gasteiger partial charge in [0.05, 0.1) is 10.6 Å². The van der Waals surface area contributed by atoms with Gasteiger partial charge in [0.25, 0.3) is 5.91 Å². The Balaban J connectivity index is 2.35. The minimum Gasteiger partial charge on any atom is -0.385 e. The first-order chi connectivity index (χ1) is 9.19. The molecule has 0 aliphatic heterocycles. The van der Waals surface area contributed by atoms with Crippen LogP contribution in [0.3, 0.4) is 0 Å². The Kier molecular flexibility index (Phi) is 7.22. The summed E-state index contributed by atoms with van der Waals surface area (Å²) in [7, 11) is 3.42. The van der Waals surface area contributed by atoms with E-state index in [4.69, 9.17) is 16.3 Å². The number of hydrogen-bond donors (Lipinski definition) is 2. The summed E-state index contributed by atoms with van der Waals surface area (Å²) in [6, 6.07) is 1.61. The predicted molar refractivity (Wildman–Crippen MR) is 76.9 cm³/mol. The van der Waals surface area contributed by atoms with Crippen LogP contribution in [0.25, 0.3) is 0 Å². The third kappa shape index (κ3) is 5.44. The number of nitrogens with one attached hydrogen (secondary N) is 2. The molecule has 0 unspecified atom stereocenters. The number of carbonyl (C=O) groups excluding carboxylic acids is 1. The lowest BCUT2D eigenvalue weighted by Gasteiger charge is -2.07. The zero-order valence-electron chi connectivity index (χ0n) is 11.3. The predicted octanol–water partition coefficient (Wildman–Crippen LogP) is 2.32. The molecule has 1 aromatic heterocycles. The Hall–Kier alpha value is -1.33. The number of carbonyl (C=O) groups is 1. The van der Waals surface area contributed by atoms with E-state index in [1.54, 1.807) is 20.2 Å². The maximum absolute atomic E-state index is 11.8. The Labute approximate surface area is 118 Å². The third-order valence-corrected chi connectivity index (χ3v) is 2.94. The van der Waals surface area contributed by atoms with Crippen LogP contribution in [0.1, 0.15) is 29.6 Å². The standard InChI is InChI=1S/C13H20ClN3O2/c1-15-12-11(14)8-10(9-17-12)13(18)16-6-4-3-5-7-19-2/h8-9H,3-7H2,1-2H3,(H,15,17)(H,16,18). The number of hydrogen-bond acceptors (Lipinski definition) is 4. The fourth-order valence-electron chi connectivity index (χ4n) is 1.60. The van der Waals surface area contributed by atoms with Crippen LogP contribution in [-0.4, -0.2) is 38.2 Å². The molecule has 0 radical (unpaired) electrons. The van der Waals surface area contributed by atoms with Gasteiger partial charge < -0.3 is 15.4 Å². The molecule has 0 bridgehead atoms. The molecular formula is C13H20ClN3O2. The average Bonchev–Trinajstić information content (AvgIpc) is 2.42. The summed E-state index contributed by atoms with van der Waals surface area (Å²) in [5, 5.41) is 6.13. The van der Waals surface area contributed by atoms with Gasteiger partial charge in [0.15, 0.2) is 0 Å². The molecule has 1 rings (SSSR count). The van der Waals surface area contributed by atoms with Crippen molar-refractivity contribution in [3.05, 3.63) is 22.8 Å². The summed E-state index contributed by atoms with van der Waals surface area (Å²) in [5.74, 6) is 0.418. The zero-order valence-corrected chi connectivity index (χ0v) is 12.1. The van der Waals surface area contributed by atoms with Gasteiger partial charge in [0.2, 0.25) is 0 Å². The molecule has 2 N–H and O–H groups in total. The van der Waals surface area contributed by atoms with Crippen molar-refractivity contribution in [2.45, 2.75) is 19.3 Å². The van der Waals surface area contributed by atoms with Crippen molar-refractivity contribution >= 4 is 23.3 Å². The number of ether oxygens (including phenoxy) is 1. The first-order valence-corrected chi connectivity index (χ1v) is 6.67. The summed E-state index contributed by atoms with van der Waals surface area (Å²) in [4.78, 5) is 15.9. The summed E-state index contributed by atoms with van der Waals surface area (Å²) < 4.78 is 4.96. The van der Waals surface area contributed by atoms with Crippen molar-refractivity contribution in [1.82, 2.24) is 10.3 Å². The van der Waals surface area contributed by atoms with Gasteiger partial charge in [-0.3, -0.25) is 4.79 Å². The number of anilines is 1. The minimum absolute atomic E-state index is 0.149. The van der Waals surface area contributed by atoms with Gasteiger partial charge in [-0.25, -0.2) is 4.98 Å². The summed E-state index contributed by atoms with van der Waals surface area (Å²) in [5.41, 5.74) is 0.473. The lowest BCUT2D eigenvalue weighted by atomic mass is 10.2. The van der Waals surface area contributed by atoms with E-state index < -0.39 is 0 Å². The van der Waals surface area contributed by atoms with Crippen LogP contribution in [0.4, 0.5) is 5.82 Å². The van der Waals surface area contributed by atoms with Crippen LogP contribution >= 0.6 is 11.6 Å². The molecule has 106 valence electrons. The van der Waals surface area contributed by atoms with E-state index >= 15 is 0 Å². The molecule has 0 atom stereocenters. The van der Waals surface area contributed by atoms with Gasteiger partial charge in [-0.05, 0) is 25.3 Å². The monoisotopic (exact) mass is 285 g/mol. The van der Waals surface area contributed by atoms with E-state index in [9.17, 15) is 4.79 Å². The van der Waals surface area contributed by atoms with Gasteiger partial charge in [-0.2, -0.15) is 0 Å². The van der Waals surface area contributed by atoms with E-state index in [0.29, 0.717) is 22.9 Å². The topological polar surface area (TPSA) is 63.2 Å². The third-order valence-electron chi connectivity index (χ3n) is 2.65. The molecule has 5 nitrogen and oxygen atoms in total. The molecule has 1 heterocycles. The van der Waals surface area contributed by atoms with E-state index in [1.165, 1.54) is 6.20 Å². The van der Waals surface area contributed by atoms with Gasteiger partial charge >= 0.3 is 0 Å². The molecule has 1 amide bonds. The Morgan fingerprint density at radius 2 is 2.21 bits per heavy atom. The van der Waals surface area contributed by atoms with E-state index in [0.717, 1.165) is 25.9 Å². The molecule has 0 saturated heterocycles. The summed E-state index contributed by atoms with van der Waals surface area (Å²) >= 11 is 5.97. The quantitative estimate of drug-likeness (QED) is 0.720. The normalized spacial score (nSPS) is 10.3. The van der Waals surface area contributed by atoms with Gasteiger partial charge in [0.1, 0.15) is 5.82 Å². The Morgan fingerprint density at radius 1 is 1.42 bits per heavy atom. The second kappa shape index (κ2) is 8.72. The average molecular weight is 286 g/mol. The second-order valence-electron chi connectivity index (χ2n) is 4.11. The highest BCUT2D eigenvalue weighted by atomic mass is 35.5. The zero-order chi connectivity index (χ0) is 14.1. The van der Waals surface area contributed by atoms with Crippen molar-refractivity contribution < 1.29 is 9.53 Å². The number of rotatable bonds is 8. The lowest BCUT2D eigenvalue weighted by molar-refractivity contribution is 0.0952. The molecule has 6 heteroatoms. The first-order valence-electron chi connectivity index (χ1n) is 6.29. The summed E-state index contributed by atoms with van der Waals surface area (Å²) in [6.07, 6.45) is 4.49. The highest BCUT2D eigenvalue weighted by Gasteiger charge is 2.08.